The fourth-order valence-electron chi connectivity index (χ4n) is 8.90. The third-order valence-electron chi connectivity index (χ3n) is 10.5. The summed E-state index contributed by atoms with van der Waals surface area (Å²) in [6.45, 7) is 12.2. The molecule has 33 heavy (non-hydrogen) atoms. The molecule has 0 bridgehead atoms. The van der Waals surface area contributed by atoms with Crippen molar-refractivity contribution in [3.63, 3.8) is 0 Å². The standard InChI is InChI=1S/C27H46O4S.Li/c1-18(2)7-6-8-19(3)23-11-12-24-22-10-9-20-17-21(31-32(28,29)30)13-15-26(20,4)25(22)14-16-27(23,24)5;/h9,18-19,21-25H,6-8,10-17H2,1-5H3,(H,28,29,30);/q;+1/p-1/t19?,21-,22-,23+,24-,25-,26-,27+;/m0./s1. The Bertz CT molecular complexity index is 824. The molecule has 4 nitrogen and oxygen atoms in total. The predicted molar refractivity (Wildman–Crippen MR) is 128 cm³/mol. The first kappa shape index (κ1) is 27.8. The first-order valence-corrected chi connectivity index (χ1v) is 14.6. The summed E-state index contributed by atoms with van der Waals surface area (Å²) in [5.74, 6) is 4.78. The Morgan fingerprint density at radius 3 is 2.45 bits per heavy atom. The molecule has 0 N–H and O–H groups in total. The Morgan fingerprint density at radius 1 is 1.06 bits per heavy atom. The SMILES string of the molecule is CC(C)CCCC(C)[C@H]1CC[C@H]2[C@@H]3CC=C4C[C@@H](OS(=O)(=O)[O-])CC[C@]4(C)[C@H]3CC[C@]12C.[Li+]. The van der Waals surface area contributed by atoms with Crippen LogP contribution in [-0.2, 0) is 14.6 Å². The second-order valence-electron chi connectivity index (χ2n) is 12.7. The van der Waals surface area contributed by atoms with E-state index in [2.05, 4.69) is 40.7 Å². The molecule has 0 aromatic carbocycles. The minimum atomic E-state index is -4.63. The summed E-state index contributed by atoms with van der Waals surface area (Å²) in [7, 11) is -4.63. The fourth-order valence-corrected chi connectivity index (χ4v) is 9.40. The summed E-state index contributed by atoms with van der Waals surface area (Å²) in [6.07, 6.45) is 14.8. The minimum absolute atomic E-state index is 0. The van der Waals surface area contributed by atoms with Gasteiger partial charge < -0.3 is 4.55 Å². The van der Waals surface area contributed by atoms with E-state index in [0.717, 1.165) is 42.4 Å². The van der Waals surface area contributed by atoms with Gasteiger partial charge in [-0.25, -0.2) is 8.42 Å². The number of allylic oxidation sites excluding steroid dienone is 1. The maximum atomic E-state index is 11.1. The molecule has 0 spiro atoms. The molecular formula is C27H45LiO4S. The van der Waals surface area contributed by atoms with Gasteiger partial charge in [0, 0.05) is 0 Å². The van der Waals surface area contributed by atoms with Crippen LogP contribution in [0.3, 0.4) is 0 Å². The third-order valence-corrected chi connectivity index (χ3v) is 11.0. The fraction of sp³-hybridized carbons (Fsp3) is 0.926. The van der Waals surface area contributed by atoms with E-state index in [0.29, 0.717) is 24.2 Å². The first-order chi connectivity index (χ1) is 14.9. The molecular weight excluding hydrogens is 427 g/mol. The normalized spacial score (nSPS) is 41.4. The topological polar surface area (TPSA) is 66.4 Å². The molecule has 0 aromatic rings. The number of hydrogen-bond acceptors (Lipinski definition) is 4. The van der Waals surface area contributed by atoms with Gasteiger partial charge in [0.1, 0.15) is 0 Å². The van der Waals surface area contributed by atoms with Gasteiger partial charge >= 0.3 is 18.9 Å². The molecule has 184 valence electrons. The van der Waals surface area contributed by atoms with Crippen LogP contribution < -0.4 is 18.9 Å². The largest absolute Gasteiger partial charge is 1.00 e. The van der Waals surface area contributed by atoms with Gasteiger partial charge in [-0.3, -0.25) is 4.18 Å². The summed E-state index contributed by atoms with van der Waals surface area (Å²) < 4.78 is 38.2. The number of hydrogen-bond donors (Lipinski definition) is 0. The molecule has 0 amide bonds. The van der Waals surface area contributed by atoms with Crippen molar-refractivity contribution < 1.29 is 36.0 Å². The average molecular weight is 473 g/mol. The van der Waals surface area contributed by atoms with Gasteiger partial charge in [-0.05, 0) is 97.7 Å². The van der Waals surface area contributed by atoms with Gasteiger partial charge in [-0.2, -0.15) is 0 Å². The Balaban J connectivity index is 0.00000306. The maximum absolute atomic E-state index is 11.1. The molecule has 0 radical (unpaired) electrons. The van der Waals surface area contributed by atoms with Crippen molar-refractivity contribution in [2.75, 3.05) is 0 Å². The van der Waals surface area contributed by atoms with Crippen LogP contribution in [0.2, 0.25) is 0 Å². The van der Waals surface area contributed by atoms with Gasteiger partial charge in [0.25, 0.3) is 0 Å². The van der Waals surface area contributed by atoms with Crippen LogP contribution in [0.25, 0.3) is 0 Å². The smallest absolute Gasteiger partial charge is 0.726 e. The molecule has 0 heterocycles. The molecule has 4 rings (SSSR count). The molecule has 1 unspecified atom stereocenters. The predicted octanol–water partition coefficient (Wildman–Crippen LogP) is 3.88. The Morgan fingerprint density at radius 2 is 1.79 bits per heavy atom. The van der Waals surface area contributed by atoms with Crippen LogP contribution in [0.1, 0.15) is 105 Å². The molecule has 8 atom stereocenters. The van der Waals surface area contributed by atoms with Gasteiger partial charge in [0.05, 0.1) is 6.10 Å². The zero-order valence-corrected chi connectivity index (χ0v) is 22.8. The zero-order chi connectivity index (χ0) is 23.3. The molecule has 0 saturated heterocycles. The summed E-state index contributed by atoms with van der Waals surface area (Å²) in [4.78, 5) is 0. The van der Waals surface area contributed by atoms with Crippen molar-refractivity contribution >= 4 is 10.4 Å². The van der Waals surface area contributed by atoms with E-state index in [-0.39, 0.29) is 24.3 Å². The Labute approximate surface area is 215 Å². The van der Waals surface area contributed by atoms with Crippen LogP contribution >= 0.6 is 0 Å². The minimum Gasteiger partial charge on any atom is -0.726 e. The van der Waals surface area contributed by atoms with Crippen LogP contribution in [0, 0.1) is 46.3 Å². The zero-order valence-electron chi connectivity index (χ0n) is 21.9. The molecule has 3 saturated carbocycles. The summed E-state index contributed by atoms with van der Waals surface area (Å²) in [5.41, 5.74) is 1.99. The second-order valence-corrected chi connectivity index (χ2v) is 13.7. The van der Waals surface area contributed by atoms with E-state index in [1.165, 1.54) is 50.5 Å². The number of rotatable bonds is 7. The van der Waals surface area contributed by atoms with E-state index >= 15 is 0 Å². The summed E-state index contributed by atoms with van der Waals surface area (Å²) in [5, 5.41) is 0. The molecule has 4 aliphatic carbocycles. The maximum Gasteiger partial charge on any atom is 1.00 e. The van der Waals surface area contributed by atoms with E-state index in [9.17, 15) is 13.0 Å². The average Bonchev–Trinajstić information content (AvgIpc) is 3.04. The van der Waals surface area contributed by atoms with Crippen LogP contribution in [0.5, 0.6) is 0 Å². The molecule has 6 heteroatoms. The number of fused-ring (bicyclic) bond motifs is 5. The quantitative estimate of drug-likeness (QED) is 0.244. The second kappa shape index (κ2) is 10.3. The first-order valence-electron chi connectivity index (χ1n) is 13.3. The van der Waals surface area contributed by atoms with Crippen molar-refractivity contribution in [2.24, 2.45) is 46.3 Å². The molecule has 0 aliphatic heterocycles. The molecule has 3 fully saturated rings. The van der Waals surface area contributed by atoms with Crippen molar-refractivity contribution in [1.82, 2.24) is 0 Å². The Hall–Kier alpha value is 0.207. The van der Waals surface area contributed by atoms with Gasteiger partial charge in [-0.1, -0.05) is 65.5 Å². The van der Waals surface area contributed by atoms with Crippen LogP contribution in [-0.4, -0.2) is 19.1 Å². The molecule has 4 aliphatic rings. The monoisotopic (exact) mass is 472 g/mol. The Kier molecular flexibility index (Phi) is 8.67. The van der Waals surface area contributed by atoms with Gasteiger partial charge in [0.2, 0.25) is 10.4 Å². The van der Waals surface area contributed by atoms with E-state index in [4.69, 9.17) is 4.18 Å². The van der Waals surface area contributed by atoms with Crippen molar-refractivity contribution in [3.05, 3.63) is 11.6 Å². The van der Waals surface area contributed by atoms with Crippen LogP contribution in [0.15, 0.2) is 11.6 Å². The van der Waals surface area contributed by atoms with Crippen molar-refractivity contribution in [3.8, 4) is 0 Å². The van der Waals surface area contributed by atoms with Crippen LogP contribution in [0.4, 0.5) is 0 Å². The summed E-state index contributed by atoms with van der Waals surface area (Å²) in [6, 6.07) is 0. The van der Waals surface area contributed by atoms with Gasteiger partial charge in [-0.15, -0.1) is 0 Å². The third kappa shape index (κ3) is 5.48. The van der Waals surface area contributed by atoms with Crippen molar-refractivity contribution in [1.29, 1.82) is 0 Å². The van der Waals surface area contributed by atoms with E-state index in [1.807, 2.05) is 0 Å². The summed E-state index contributed by atoms with van der Waals surface area (Å²) >= 11 is 0. The van der Waals surface area contributed by atoms with E-state index in [1.54, 1.807) is 0 Å². The van der Waals surface area contributed by atoms with E-state index < -0.39 is 16.5 Å². The van der Waals surface area contributed by atoms with Crippen molar-refractivity contribution in [2.45, 2.75) is 111 Å². The molecule has 0 aromatic heterocycles. The van der Waals surface area contributed by atoms with Gasteiger partial charge in [0.15, 0.2) is 0 Å².